The molecule has 32 heavy (non-hydrogen) atoms. The lowest BCUT2D eigenvalue weighted by atomic mass is 10.2. The molecule has 0 bridgehead atoms. The Kier molecular flexibility index (Phi) is 5.50. The van der Waals surface area contributed by atoms with Gasteiger partial charge < -0.3 is 4.90 Å². The maximum absolute atomic E-state index is 12.8. The van der Waals surface area contributed by atoms with Crippen molar-refractivity contribution in [1.29, 1.82) is 0 Å². The normalized spacial score (nSPS) is 14.9. The fourth-order valence-corrected chi connectivity index (χ4v) is 5.00. The van der Waals surface area contributed by atoms with Gasteiger partial charge in [0, 0.05) is 37.9 Å². The number of hydrogen-bond acceptors (Lipinski definition) is 8. The number of rotatable bonds is 4. The van der Waals surface area contributed by atoms with Crippen LogP contribution in [-0.4, -0.2) is 55.5 Å². The quantitative estimate of drug-likeness (QED) is 0.451. The molecule has 4 heterocycles. The Bertz CT molecular complexity index is 1390. The van der Waals surface area contributed by atoms with Crippen molar-refractivity contribution < 1.29 is 0 Å². The van der Waals surface area contributed by atoms with Gasteiger partial charge in [0.1, 0.15) is 10.0 Å². The van der Waals surface area contributed by atoms with Crippen LogP contribution in [0.25, 0.3) is 10.6 Å². The maximum atomic E-state index is 12.8. The van der Waals surface area contributed by atoms with Crippen molar-refractivity contribution in [1.82, 2.24) is 29.3 Å². The molecule has 0 unspecified atom stereocenters. The molecule has 1 fully saturated rings. The number of nitrogens with zero attached hydrogens (tertiary/aromatic N) is 7. The second-order valence-electron chi connectivity index (χ2n) is 7.59. The van der Waals surface area contributed by atoms with Crippen molar-refractivity contribution in [2.75, 3.05) is 31.1 Å². The smallest absolute Gasteiger partial charge is 0.292 e. The van der Waals surface area contributed by atoms with E-state index in [0.29, 0.717) is 41.7 Å². The van der Waals surface area contributed by atoms with E-state index in [1.54, 1.807) is 13.1 Å². The molecule has 1 saturated heterocycles. The summed E-state index contributed by atoms with van der Waals surface area (Å²) in [7, 11) is 0. The van der Waals surface area contributed by atoms with Crippen molar-refractivity contribution in [3.05, 3.63) is 79.0 Å². The summed E-state index contributed by atoms with van der Waals surface area (Å²) in [4.78, 5) is 34.2. The molecule has 0 spiro atoms. The minimum absolute atomic E-state index is 0.160. The Hall–Kier alpha value is -3.08. The van der Waals surface area contributed by atoms with E-state index in [2.05, 4.69) is 25.0 Å². The lowest BCUT2D eigenvalue weighted by Gasteiger charge is -2.35. The van der Waals surface area contributed by atoms with Crippen LogP contribution in [0, 0.1) is 6.92 Å². The molecule has 0 amide bonds. The summed E-state index contributed by atoms with van der Waals surface area (Å²) in [5, 5.41) is 9.76. The van der Waals surface area contributed by atoms with E-state index in [0.717, 1.165) is 18.1 Å². The van der Waals surface area contributed by atoms with Gasteiger partial charge in [0.25, 0.3) is 11.1 Å². The summed E-state index contributed by atoms with van der Waals surface area (Å²) in [5.41, 5.74) is 1.52. The van der Waals surface area contributed by atoms with Gasteiger partial charge in [-0.25, -0.2) is 4.98 Å². The largest absolute Gasteiger partial charge is 0.366 e. The van der Waals surface area contributed by atoms with Gasteiger partial charge in [-0.1, -0.05) is 41.1 Å². The van der Waals surface area contributed by atoms with Crippen LogP contribution in [0.15, 0.2) is 52.2 Å². The molecule has 164 valence electrons. The number of para-hydroxylation sites is 1. The van der Waals surface area contributed by atoms with Crippen LogP contribution in [0.3, 0.4) is 0 Å². The number of fused-ring (bicyclic) bond motifs is 1. The first-order valence-corrected chi connectivity index (χ1v) is 11.4. The third-order valence-corrected chi connectivity index (χ3v) is 6.64. The van der Waals surface area contributed by atoms with Crippen LogP contribution >= 0.6 is 22.9 Å². The number of aromatic nitrogens is 5. The Morgan fingerprint density at radius 3 is 2.59 bits per heavy atom. The van der Waals surface area contributed by atoms with E-state index >= 15 is 0 Å². The predicted molar refractivity (Wildman–Crippen MR) is 124 cm³/mol. The molecular weight excluding hydrogens is 450 g/mol. The lowest BCUT2D eigenvalue weighted by molar-refractivity contribution is 0.248. The van der Waals surface area contributed by atoms with E-state index in [4.69, 9.17) is 11.6 Å². The number of anilines is 1. The molecule has 0 aliphatic carbocycles. The van der Waals surface area contributed by atoms with Gasteiger partial charge >= 0.3 is 0 Å². The first-order valence-electron chi connectivity index (χ1n) is 10.2. The molecule has 4 aromatic rings. The number of benzene rings is 1. The molecule has 5 rings (SSSR count). The highest BCUT2D eigenvalue weighted by Gasteiger charge is 2.22. The average molecular weight is 470 g/mol. The maximum Gasteiger partial charge on any atom is 0.292 e. The van der Waals surface area contributed by atoms with Crippen LogP contribution in [0.5, 0.6) is 0 Å². The molecule has 3 aromatic heterocycles. The van der Waals surface area contributed by atoms with Crippen molar-refractivity contribution in [2.24, 2.45) is 0 Å². The first-order chi connectivity index (χ1) is 15.5. The standard InChI is InChI=1S/C21H20ClN7O2S/c1-14-11-18(30)29-21(24-14)32-17(25-29)13-26-7-9-27(10-8-26)16-12-23-28(20(31)19(16)22)15-5-3-2-4-6-15/h2-6,11-12H,7-10,13H2,1H3. The zero-order valence-electron chi connectivity index (χ0n) is 17.3. The molecule has 1 aliphatic heterocycles. The highest BCUT2D eigenvalue weighted by Crippen LogP contribution is 2.24. The monoisotopic (exact) mass is 469 g/mol. The first kappa shape index (κ1) is 20.8. The number of piperazine rings is 1. The molecule has 0 saturated carbocycles. The number of halogens is 1. The highest BCUT2D eigenvalue weighted by molar-refractivity contribution is 7.16. The van der Waals surface area contributed by atoms with Gasteiger partial charge in [0.05, 0.1) is 24.1 Å². The van der Waals surface area contributed by atoms with Crippen molar-refractivity contribution in [3.8, 4) is 5.69 Å². The molecular formula is C21H20ClN7O2S. The third kappa shape index (κ3) is 3.92. The van der Waals surface area contributed by atoms with E-state index < -0.39 is 0 Å². The average Bonchev–Trinajstić information content (AvgIpc) is 3.19. The zero-order valence-corrected chi connectivity index (χ0v) is 18.9. The van der Waals surface area contributed by atoms with Gasteiger partial charge in [0.2, 0.25) is 4.96 Å². The second kappa shape index (κ2) is 8.45. The van der Waals surface area contributed by atoms with Crippen LogP contribution in [0.2, 0.25) is 5.02 Å². The highest BCUT2D eigenvalue weighted by atomic mass is 35.5. The van der Waals surface area contributed by atoms with Crippen molar-refractivity contribution in [2.45, 2.75) is 13.5 Å². The summed E-state index contributed by atoms with van der Waals surface area (Å²) in [6, 6.07) is 10.7. The summed E-state index contributed by atoms with van der Waals surface area (Å²) in [6.45, 7) is 5.40. The molecule has 0 radical (unpaired) electrons. The van der Waals surface area contributed by atoms with Crippen LogP contribution in [0.1, 0.15) is 10.7 Å². The summed E-state index contributed by atoms with van der Waals surface area (Å²) < 4.78 is 2.67. The minimum atomic E-state index is -0.333. The number of aryl methyl sites for hydroxylation is 1. The van der Waals surface area contributed by atoms with Crippen LogP contribution in [-0.2, 0) is 6.54 Å². The van der Waals surface area contributed by atoms with Gasteiger partial charge in [-0.3, -0.25) is 14.5 Å². The molecule has 11 heteroatoms. The Balaban J connectivity index is 1.29. The molecule has 1 aliphatic rings. The van der Waals surface area contributed by atoms with Crippen LogP contribution < -0.4 is 16.0 Å². The van der Waals surface area contributed by atoms with E-state index in [-0.39, 0.29) is 16.1 Å². The van der Waals surface area contributed by atoms with Crippen LogP contribution in [0.4, 0.5) is 5.69 Å². The molecule has 1 aromatic carbocycles. The van der Waals surface area contributed by atoms with Crippen molar-refractivity contribution in [3.63, 3.8) is 0 Å². The third-order valence-electron chi connectivity index (χ3n) is 5.39. The fourth-order valence-electron chi connectivity index (χ4n) is 3.76. The van der Waals surface area contributed by atoms with Gasteiger partial charge in [-0.05, 0) is 19.1 Å². The van der Waals surface area contributed by atoms with Gasteiger partial charge in [-0.15, -0.1) is 0 Å². The zero-order chi connectivity index (χ0) is 22.2. The van der Waals surface area contributed by atoms with Gasteiger partial charge in [0.15, 0.2) is 0 Å². The van der Waals surface area contributed by atoms with Gasteiger partial charge in [-0.2, -0.15) is 19.4 Å². The van der Waals surface area contributed by atoms with E-state index in [1.807, 2.05) is 30.3 Å². The summed E-state index contributed by atoms with van der Waals surface area (Å²) in [6.07, 6.45) is 1.65. The van der Waals surface area contributed by atoms with E-state index in [1.165, 1.54) is 26.6 Å². The Morgan fingerprint density at radius 2 is 1.84 bits per heavy atom. The minimum Gasteiger partial charge on any atom is -0.366 e. The summed E-state index contributed by atoms with van der Waals surface area (Å²) in [5.74, 6) is 0. The Labute approximate surface area is 192 Å². The number of hydrogen-bond donors (Lipinski definition) is 0. The predicted octanol–water partition coefficient (Wildman–Crippen LogP) is 1.98. The van der Waals surface area contributed by atoms with E-state index in [9.17, 15) is 9.59 Å². The fraction of sp³-hybridized carbons (Fsp3) is 0.286. The summed E-state index contributed by atoms with van der Waals surface area (Å²) >= 11 is 7.87. The lowest BCUT2D eigenvalue weighted by Crippen LogP contribution is -2.46. The second-order valence-corrected chi connectivity index (χ2v) is 9.00. The molecule has 9 nitrogen and oxygen atoms in total. The molecule has 0 N–H and O–H groups in total. The van der Waals surface area contributed by atoms with Crippen molar-refractivity contribution >= 4 is 33.6 Å². The molecule has 0 atom stereocenters. The Morgan fingerprint density at radius 1 is 1.09 bits per heavy atom. The SMILES string of the molecule is Cc1cc(=O)n2nc(CN3CCN(c4cnn(-c5ccccc5)c(=O)c4Cl)CC3)sc2n1. The topological polar surface area (TPSA) is 88.6 Å².